The first kappa shape index (κ1) is 18.8. The third-order valence-electron chi connectivity index (χ3n) is 3.20. The molecule has 2 rings (SSSR count). The molecule has 0 saturated heterocycles. The van der Waals surface area contributed by atoms with E-state index in [-0.39, 0.29) is 18.9 Å². The van der Waals surface area contributed by atoms with Crippen molar-refractivity contribution in [2.75, 3.05) is 5.32 Å². The Morgan fingerprint density at radius 3 is 2.32 bits per heavy atom. The summed E-state index contributed by atoms with van der Waals surface area (Å²) in [5, 5.41) is 5.00. The van der Waals surface area contributed by atoms with Gasteiger partial charge in [-0.1, -0.05) is 35.9 Å². The van der Waals surface area contributed by atoms with Gasteiger partial charge in [-0.05, 0) is 35.4 Å². The number of alkyl halides is 3. The van der Waals surface area contributed by atoms with Crippen LogP contribution in [-0.2, 0) is 22.6 Å². The molecule has 0 fully saturated rings. The fraction of sp³-hybridized carbons (Fsp3) is 0.176. The molecule has 0 aliphatic rings. The Hall–Kier alpha value is -2.54. The van der Waals surface area contributed by atoms with Gasteiger partial charge in [0.25, 0.3) is 0 Å². The lowest BCUT2D eigenvalue weighted by Crippen LogP contribution is -2.36. The maximum atomic E-state index is 12.2. The van der Waals surface area contributed by atoms with Crippen molar-refractivity contribution in [2.24, 2.45) is 0 Å². The van der Waals surface area contributed by atoms with Gasteiger partial charge in [0, 0.05) is 17.3 Å². The Morgan fingerprint density at radius 1 is 1.00 bits per heavy atom. The zero-order valence-electron chi connectivity index (χ0n) is 12.9. The highest BCUT2D eigenvalue weighted by molar-refractivity contribution is 6.30. The molecule has 0 atom stereocenters. The molecule has 0 radical (unpaired) electrons. The second kappa shape index (κ2) is 8.02. The second-order valence-corrected chi connectivity index (χ2v) is 5.67. The maximum Gasteiger partial charge on any atom is 0.471 e. The first-order valence-electron chi connectivity index (χ1n) is 7.22. The number of carbonyl (C=O) groups is 2. The van der Waals surface area contributed by atoms with Crippen LogP contribution in [0.3, 0.4) is 0 Å². The van der Waals surface area contributed by atoms with Gasteiger partial charge in [0.2, 0.25) is 5.91 Å². The summed E-state index contributed by atoms with van der Waals surface area (Å²) in [5.74, 6) is -2.29. The standard InChI is InChI=1S/C17H14ClF3N2O2/c18-13-6-4-11(5-7-13)9-15(24)23-14-3-1-2-12(8-14)10-22-16(25)17(19,20)21/h1-8H,9-10H2,(H,22,25)(H,23,24). The highest BCUT2D eigenvalue weighted by atomic mass is 35.5. The molecule has 0 spiro atoms. The normalized spacial score (nSPS) is 11.0. The lowest BCUT2D eigenvalue weighted by atomic mass is 10.1. The van der Waals surface area contributed by atoms with E-state index in [0.29, 0.717) is 16.3 Å². The number of amides is 2. The number of nitrogens with one attached hydrogen (secondary N) is 2. The molecule has 0 aromatic heterocycles. The van der Waals surface area contributed by atoms with Crippen LogP contribution in [0, 0.1) is 0 Å². The van der Waals surface area contributed by atoms with Crippen molar-refractivity contribution in [3.05, 3.63) is 64.7 Å². The Morgan fingerprint density at radius 2 is 1.68 bits per heavy atom. The topological polar surface area (TPSA) is 58.2 Å². The van der Waals surface area contributed by atoms with Crippen LogP contribution in [-0.4, -0.2) is 18.0 Å². The molecular formula is C17H14ClF3N2O2. The van der Waals surface area contributed by atoms with Crippen LogP contribution in [0.5, 0.6) is 0 Å². The van der Waals surface area contributed by atoms with Gasteiger partial charge in [0.05, 0.1) is 6.42 Å². The number of halogens is 4. The van der Waals surface area contributed by atoms with Gasteiger partial charge < -0.3 is 10.6 Å². The van der Waals surface area contributed by atoms with E-state index in [9.17, 15) is 22.8 Å². The first-order valence-corrected chi connectivity index (χ1v) is 7.60. The van der Waals surface area contributed by atoms with Gasteiger partial charge in [-0.25, -0.2) is 0 Å². The first-order chi connectivity index (χ1) is 11.7. The lowest BCUT2D eigenvalue weighted by molar-refractivity contribution is -0.173. The molecule has 0 aliphatic heterocycles. The van der Waals surface area contributed by atoms with E-state index >= 15 is 0 Å². The predicted octanol–water partition coefficient (Wildman–Crippen LogP) is 3.70. The summed E-state index contributed by atoms with van der Waals surface area (Å²) in [6.45, 7) is -0.292. The zero-order valence-corrected chi connectivity index (χ0v) is 13.6. The van der Waals surface area contributed by atoms with Crippen molar-refractivity contribution < 1.29 is 22.8 Å². The van der Waals surface area contributed by atoms with Crippen LogP contribution in [0.4, 0.5) is 18.9 Å². The molecule has 0 aliphatic carbocycles. The van der Waals surface area contributed by atoms with E-state index in [4.69, 9.17) is 11.6 Å². The number of carbonyl (C=O) groups excluding carboxylic acids is 2. The van der Waals surface area contributed by atoms with Crippen LogP contribution < -0.4 is 10.6 Å². The van der Waals surface area contributed by atoms with Gasteiger partial charge in [0.1, 0.15) is 0 Å². The molecule has 2 N–H and O–H groups in total. The number of hydrogen-bond donors (Lipinski definition) is 2. The van der Waals surface area contributed by atoms with Crippen LogP contribution in [0.1, 0.15) is 11.1 Å². The van der Waals surface area contributed by atoms with E-state index in [0.717, 1.165) is 5.56 Å². The zero-order chi connectivity index (χ0) is 18.4. The molecule has 8 heteroatoms. The molecule has 2 amide bonds. The van der Waals surface area contributed by atoms with E-state index in [1.54, 1.807) is 47.8 Å². The Balaban J connectivity index is 1.93. The molecule has 4 nitrogen and oxygen atoms in total. The summed E-state index contributed by atoms with van der Waals surface area (Å²) < 4.78 is 36.5. The van der Waals surface area contributed by atoms with E-state index in [2.05, 4.69) is 5.32 Å². The molecule has 0 heterocycles. The molecule has 2 aromatic carbocycles. The summed E-state index contributed by atoms with van der Waals surface area (Å²) in [6.07, 6.45) is -4.80. The van der Waals surface area contributed by atoms with Crippen molar-refractivity contribution in [1.29, 1.82) is 0 Å². The van der Waals surface area contributed by atoms with E-state index in [1.165, 1.54) is 6.07 Å². The summed E-state index contributed by atoms with van der Waals surface area (Å²) in [4.78, 5) is 22.8. The molecule has 0 unspecified atom stereocenters. The molecule has 0 saturated carbocycles. The number of hydrogen-bond acceptors (Lipinski definition) is 2. The van der Waals surface area contributed by atoms with Gasteiger partial charge >= 0.3 is 12.1 Å². The van der Waals surface area contributed by atoms with Crippen molar-refractivity contribution in [3.8, 4) is 0 Å². The fourth-order valence-corrected chi connectivity index (χ4v) is 2.16. The minimum absolute atomic E-state index is 0.131. The average Bonchev–Trinajstić information content (AvgIpc) is 2.54. The monoisotopic (exact) mass is 370 g/mol. The van der Waals surface area contributed by atoms with Crippen molar-refractivity contribution in [3.63, 3.8) is 0 Å². The minimum atomic E-state index is -4.93. The maximum absolute atomic E-state index is 12.2. The van der Waals surface area contributed by atoms with Crippen LogP contribution >= 0.6 is 11.6 Å². The van der Waals surface area contributed by atoms with Gasteiger partial charge in [-0.3, -0.25) is 9.59 Å². The number of anilines is 1. The van der Waals surface area contributed by atoms with Crippen molar-refractivity contribution >= 4 is 29.1 Å². The highest BCUT2D eigenvalue weighted by Crippen LogP contribution is 2.16. The summed E-state index contributed by atoms with van der Waals surface area (Å²) >= 11 is 5.77. The molecule has 25 heavy (non-hydrogen) atoms. The quantitative estimate of drug-likeness (QED) is 0.843. The number of rotatable bonds is 5. The molecular weight excluding hydrogens is 357 g/mol. The van der Waals surface area contributed by atoms with Gasteiger partial charge in [-0.15, -0.1) is 0 Å². The third-order valence-corrected chi connectivity index (χ3v) is 3.45. The SMILES string of the molecule is O=C(Cc1ccc(Cl)cc1)Nc1cccc(CNC(=O)C(F)(F)F)c1. The summed E-state index contributed by atoms with van der Waals surface area (Å²) in [5.41, 5.74) is 1.63. The largest absolute Gasteiger partial charge is 0.471 e. The molecule has 0 bridgehead atoms. The van der Waals surface area contributed by atoms with E-state index < -0.39 is 12.1 Å². The second-order valence-electron chi connectivity index (χ2n) is 5.23. The fourth-order valence-electron chi connectivity index (χ4n) is 2.03. The highest BCUT2D eigenvalue weighted by Gasteiger charge is 2.38. The van der Waals surface area contributed by atoms with Crippen LogP contribution in [0.25, 0.3) is 0 Å². The summed E-state index contributed by atoms with van der Waals surface area (Å²) in [7, 11) is 0. The van der Waals surface area contributed by atoms with Crippen molar-refractivity contribution in [1.82, 2.24) is 5.32 Å². The Bertz CT molecular complexity index is 761. The van der Waals surface area contributed by atoms with Crippen molar-refractivity contribution in [2.45, 2.75) is 19.1 Å². The van der Waals surface area contributed by atoms with Crippen LogP contribution in [0.2, 0.25) is 5.02 Å². The Labute approximate surface area is 147 Å². The predicted molar refractivity (Wildman–Crippen MR) is 88.1 cm³/mol. The van der Waals surface area contributed by atoms with Crippen LogP contribution in [0.15, 0.2) is 48.5 Å². The smallest absolute Gasteiger partial charge is 0.344 e. The van der Waals surface area contributed by atoms with Gasteiger partial charge in [0.15, 0.2) is 0 Å². The summed E-state index contributed by atoms with van der Waals surface area (Å²) in [6, 6.07) is 13.0. The Kier molecular flexibility index (Phi) is 6.03. The molecule has 132 valence electrons. The third kappa shape index (κ3) is 6.11. The average molecular weight is 371 g/mol. The minimum Gasteiger partial charge on any atom is -0.344 e. The lowest BCUT2D eigenvalue weighted by Gasteiger charge is -2.10. The number of benzene rings is 2. The van der Waals surface area contributed by atoms with Gasteiger partial charge in [-0.2, -0.15) is 13.2 Å². The molecule has 2 aromatic rings. The van der Waals surface area contributed by atoms with E-state index in [1.807, 2.05) is 0 Å².